The van der Waals surface area contributed by atoms with Gasteiger partial charge in [0.2, 0.25) is 0 Å². The number of aliphatic imine (C=N–C) groups is 1. The highest BCUT2D eigenvalue weighted by Gasteiger charge is 1.91. The van der Waals surface area contributed by atoms with Gasteiger partial charge in [0.25, 0.3) is 0 Å². The number of hydrogen-bond donors (Lipinski definition) is 1. The Kier molecular flexibility index (Phi) is 4.12. The Bertz CT molecular complexity index is 189. The molecule has 0 aliphatic carbocycles. The van der Waals surface area contributed by atoms with E-state index < -0.39 is 0 Å². The minimum Gasteiger partial charge on any atom is -0.258 e. The monoisotopic (exact) mass is 155 g/mol. The Balaban J connectivity index is 4.35. The van der Waals surface area contributed by atoms with E-state index in [2.05, 4.69) is 24.2 Å². The maximum Gasteiger partial charge on any atom is 0.0505 e. The van der Waals surface area contributed by atoms with Gasteiger partial charge in [0.1, 0.15) is 0 Å². The summed E-state index contributed by atoms with van der Waals surface area (Å²) in [7, 11) is 0. The summed E-state index contributed by atoms with van der Waals surface area (Å²) in [5.74, 6) is 0. The van der Waals surface area contributed by atoms with E-state index in [9.17, 15) is 0 Å². The van der Waals surface area contributed by atoms with Crippen molar-refractivity contribution in [1.82, 2.24) is 0 Å². The van der Waals surface area contributed by atoms with Crippen LogP contribution in [0.15, 0.2) is 28.2 Å². The average molecular weight is 155 g/mol. The summed E-state index contributed by atoms with van der Waals surface area (Å²) in [6.07, 6.45) is 1.91. The fourth-order valence-corrected chi connectivity index (χ4v) is 0.602. The standard InChI is InChI=1S/C8H13NS/c1-5-8(10)7(4)9-6(2)3/h5,10H,2H2,1,3-4H3/b8-5+,9-7?. The molecule has 0 atom stereocenters. The molecule has 0 radical (unpaired) electrons. The van der Waals surface area contributed by atoms with Crippen molar-refractivity contribution in [3.05, 3.63) is 23.3 Å². The molecule has 0 heterocycles. The van der Waals surface area contributed by atoms with Crippen molar-refractivity contribution in [3.63, 3.8) is 0 Å². The van der Waals surface area contributed by atoms with Gasteiger partial charge < -0.3 is 0 Å². The van der Waals surface area contributed by atoms with E-state index in [0.717, 1.165) is 16.3 Å². The number of nitrogens with zero attached hydrogens (tertiary/aromatic N) is 1. The van der Waals surface area contributed by atoms with Crippen LogP contribution in [0.1, 0.15) is 20.8 Å². The largest absolute Gasteiger partial charge is 0.258 e. The van der Waals surface area contributed by atoms with Gasteiger partial charge in [-0.25, -0.2) is 0 Å². The lowest BCUT2D eigenvalue weighted by atomic mass is 10.3. The van der Waals surface area contributed by atoms with Crippen LogP contribution in [0.5, 0.6) is 0 Å². The molecule has 0 spiro atoms. The minimum absolute atomic E-state index is 0.811. The lowest BCUT2D eigenvalue weighted by Gasteiger charge is -1.96. The summed E-state index contributed by atoms with van der Waals surface area (Å²) < 4.78 is 0. The van der Waals surface area contributed by atoms with E-state index in [0.29, 0.717) is 0 Å². The Morgan fingerprint density at radius 1 is 1.50 bits per heavy atom. The van der Waals surface area contributed by atoms with Gasteiger partial charge in [-0.05, 0) is 20.8 Å². The van der Waals surface area contributed by atoms with Crippen LogP contribution in [-0.4, -0.2) is 5.71 Å². The van der Waals surface area contributed by atoms with E-state index in [1.807, 2.05) is 26.8 Å². The van der Waals surface area contributed by atoms with Crippen molar-refractivity contribution in [2.45, 2.75) is 20.8 Å². The first kappa shape index (κ1) is 9.50. The molecule has 0 amide bonds. The molecule has 0 aromatic rings. The van der Waals surface area contributed by atoms with Crippen LogP contribution in [0.2, 0.25) is 0 Å². The maximum atomic E-state index is 4.19. The fraction of sp³-hybridized carbons (Fsp3) is 0.375. The molecular formula is C8H13NS. The van der Waals surface area contributed by atoms with Crippen LogP contribution in [0.4, 0.5) is 0 Å². The summed E-state index contributed by atoms with van der Waals surface area (Å²) in [5.41, 5.74) is 1.73. The molecule has 0 fully saturated rings. The van der Waals surface area contributed by atoms with Crippen LogP contribution < -0.4 is 0 Å². The van der Waals surface area contributed by atoms with Gasteiger partial charge in [0.15, 0.2) is 0 Å². The van der Waals surface area contributed by atoms with E-state index in [1.54, 1.807) is 0 Å². The van der Waals surface area contributed by atoms with Crippen LogP contribution in [-0.2, 0) is 0 Å². The maximum absolute atomic E-state index is 4.19. The molecule has 0 aromatic heterocycles. The van der Waals surface area contributed by atoms with Crippen LogP contribution in [0.25, 0.3) is 0 Å². The highest BCUT2D eigenvalue weighted by atomic mass is 32.1. The number of rotatable bonds is 2. The Morgan fingerprint density at radius 2 is 2.00 bits per heavy atom. The van der Waals surface area contributed by atoms with Gasteiger partial charge in [-0.1, -0.05) is 12.7 Å². The van der Waals surface area contributed by atoms with E-state index in [1.165, 1.54) is 0 Å². The van der Waals surface area contributed by atoms with Crippen molar-refractivity contribution in [3.8, 4) is 0 Å². The predicted molar refractivity (Wildman–Crippen MR) is 50.7 cm³/mol. The summed E-state index contributed by atoms with van der Waals surface area (Å²) in [4.78, 5) is 5.03. The molecule has 0 bridgehead atoms. The minimum atomic E-state index is 0.811. The summed E-state index contributed by atoms with van der Waals surface area (Å²) in [6.45, 7) is 9.37. The molecular weight excluding hydrogens is 142 g/mol. The van der Waals surface area contributed by atoms with E-state index in [4.69, 9.17) is 0 Å². The van der Waals surface area contributed by atoms with Gasteiger partial charge in [0, 0.05) is 10.6 Å². The van der Waals surface area contributed by atoms with Crippen molar-refractivity contribution in [2.24, 2.45) is 4.99 Å². The molecule has 0 aromatic carbocycles. The topological polar surface area (TPSA) is 12.4 Å². The van der Waals surface area contributed by atoms with Crippen molar-refractivity contribution in [2.75, 3.05) is 0 Å². The number of hydrogen-bond acceptors (Lipinski definition) is 2. The van der Waals surface area contributed by atoms with Crippen molar-refractivity contribution >= 4 is 18.3 Å². The SMILES string of the molecule is C=C(C)N=C(C)/C(S)=C\C. The molecule has 0 saturated carbocycles. The smallest absolute Gasteiger partial charge is 0.0505 e. The summed E-state index contributed by atoms with van der Waals surface area (Å²) in [6, 6.07) is 0. The molecule has 0 aliphatic heterocycles. The van der Waals surface area contributed by atoms with Gasteiger partial charge in [-0.2, -0.15) is 0 Å². The second kappa shape index (κ2) is 4.34. The summed E-state index contributed by atoms with van der Waals surface area (Å²) in [5, 5.41) is 0. The molecule has 56 valence electrons. The molecule has 0 unspecified atom stereocenters. The second-order valence-corrected chi connectivity index (χ2v) is 2.59. The third-order valence-corrected chi connectivity index (χ3v) is 1.58. The zero-order chi connectivity index (χ0) is 8.15. The first-order valence-corrected chi connectivity index (χ1v) is 3.59. The van der Waals surface area contributed by atoms with Crippen LogP contribution >= 0.6 is 12.6 Å². The molecule has 0 aliphatic rings. The Hall–Kier alpha value is -0.500. The zero-order valence-electron chi connectivity index (χ0n) is 6.68. The van der Waals surface area contributed by atoms with Crippen molar-refractivity contribution < 1.29 is 0 Å². The van der Waals surface area contributed by atoms with Gasteiger partial charge in [0.05, 0.1) is 5.71 Å². The van der Waals surface area contributed by atoms with Crippen molar-refractivity contribution in [1.29, 1.82) is 0 Å². The first-order chi connectivity index (χ1) is 4.57. The highest BCUT2D eigenvalue weighted by molar-refractivity contribution is 7.85. The normalized spacial score (nSPS) is 13.6. The molecule has 2 heteroatoms. The molecule has 10 heavy (non-hydrogen) atoms. The quantitative estimate of drug-likeness (QED) is 0.465. The molecule has 0 saturated heterocycles. The lowest BCUT2D eigenvalue weighted by molar-refractivity contribution is 1.32. The van der Waals surface area contributed by atoms with E-state index in [-0.39, 0.29) is 0 Å². The van der Waals surface area contributed by atoms with Gasteiger partial charge in [-0.15, -0.1) is 12.6 Å². The van der Waals surface area contributed by atoms with Gasteiger partial charge in [-0.3, -0.25) is 4.99 Å². The number of thiol groups is 1. The van der Waals surface area contributed by atoms with Crippen LogP contribution in [0.3, 0.4) is 0 Å². The third-order valence-electron chi connectivity index (χ3n) is 1.00. The molecule has 1 nitrogen and oxygen atoms in total. The molecule has 0 N–H and O–H groups in total. The first-order valence-electron chi connectivity index (χ1n) is 3.14. The van der Waals surface area contributed by atoms with Gasteiger partial charge >= 0.3 is 0 Å². The lowest BCUT2D eigenvalue weighted by Crippen LogP contribution is -1.89. The molecule has 0 rings (SSSR count). The Labute approximate surface area is 68.0 Å². The predicted octanol–water partition coefficient (Wildman–Crippen LogP) is 2.81. The second-order valence-electron chi connectivity index (χ2n) is 2.11. The summed E-state index contributed by atoms with van der Waals surface area (Å²) >= 11 is 4.19. The fourth-order valence-electron chi connectivity index (χ4n) is 0.552. The van der Waals surface area contributed by atoms with E-state index >= 15 is 0 Å². The Morgan fingerprint density at radius 3 is 2.30 bits per heavy atom. The van der Waals surface area contributed by atoms with Crippen LogP contribution in [0, 0.1) is 0 Å². The highest BCUT2D eigenvalue weighted by Crippen LogP contribution is 2.04. The zero-order valence-corrected chi connectivity index (χ0v) is 7.57. The number of allylic oxidation sites excluding steroid dienone is 3. The third kappa shape index (κ3) is 3.51. The average Bonchev–Trinajstić information content (AvgIpc) is 1.85.